The van der Waals surface area contributed by atoms with Crippen LogP contribution in [0.25, 0.3) is 10.2 Å². The molecule has 192 valence electrons. The monoisotopic (exact) mass is 535 g/mol. The van der Waals surface area contributed by atoms with Gasteiger partial charge in [0.25, 0.3) is 5.91 Å². The van der Waals surface area contributed by atoms with E-state index in [0.29, 0.717) is 23.8 Å². The van der Waals surface area contributed by atoms with Gasteiger partial charge in [-0.05, 0) is 67.8 Å². The maximum atomic E-state index is 13.8. The van der Waals surface area contributed by atoms with Crippen LogP contribution in [0.2, 0.25) is 0 Å². The summed E-state index contributed by atoms with van der Waals surface area (Å²) in [5, 5.41) is 0.566. The average Bonchev–Trinajstić information content (AvgIpc) is 3.35. The van der Waals surface area contributed by atoms with E-state index in [2.05, 4.69) is 0 Å². The Morgan fingerprint density at radius 1 is 1.08 bits per heavy atom. The van der Waals surface area contributed by atoms with Crippen LogP contribution in [-0.2, 0) is 16.6 Å². The summed E-state index contributed by atoms with van der Waals surface area (Å²) >= 11 is 1.41. The van der Waals surface area contributed by atoms with Crippen molar-refractivity contribution in [3.8, 4) is 5.75 Å². The van der Waals surface area contributed by atoms with Gasteiger partial charge in [-0.15, -0.1) is 0 Å². The molecule has 0 radical (unpaired) electrons. The summed E-state index contributed by atoms with van der Waals surface area (Å²) in [7, 11) is -2.00. The number of hydrogen-bond acceptors (Lipinski definition) is 6. The molecule has 1 aliphatic heterocycles. The van der Waals surface area contributed by atoms with Crippen molar-refractivity contribution in [2.75, 3.05) is 18.6 Å². The summed E-state index contributed by atoms with van der Waals surface area (Å²) < 4.78 is 34.3. The van der Waals surface area contributed by atoms with Crippen molar-refractivity contribution in [1.82, 2.24) is 9.29 Å². The third-order valence-corrected chi connectivity index (χ3v) is 9.76. The van der Waals surface area contributed by atoms with Gasteiger partial charge in [-0.1, -0.05) is 48.1 Å². The van der Waals surface area contributed by atoms with Gasteiger partial charge in [0.2, 0.25) is 10.0 Å². The van der Waals surface area contributed by atoms with E-state index in [1.165, 1.54) is 23.5 Å². The zero-order valence-electron chi connectivity index (χ0n) is 20.8. The van der Waals surface area contributed by atoms with Crippen molar-refractivity contribution in [3.63, 3.8) is 0 Å². The first-order valence-corrected chi connectivity index (χ1v) is 14.5. The molecule has 0 aliphatic carbocycles. The number of rotatable bonds is 7. The Morgan fingerprint density at radius 3 is 2.54 bits per heavy atom. The molecule has 4 aromatic rings. The predicted molar refractivity (Wildman–Crippen MR) is 147 cm³/mol. The van der Waals surface area contributed by atoms with E-state index in [-0.39, 0.29) is 16.8 Å². The van der Waals surface area contributed by atoms with Gasteiger partial charge in [-0.3, -0.25) is 9.69 Å². The first kappa shape index (κ1) is 25.4. The first-order chi connectivity index (χ1) is 17.9. The summed E-state index contributed by atoms with van der Waals surface area (Å²) in [5.41, 5.74) is 2.15. The number of methoxy groups -OCH3 is 1. The fraction of sp³-hybridized carbons (Fsp3) is 0.286. The van der Waals surface area contributed by atoms with Gasteiger partial charge in [-0.2, -0.15) is 4.31 Å². The highest BCUT2D eigenvalue weighted by molar-refractivity contribution is 7.89. The molecule has 1 aromatic heterocycles. The molecular formula is C28H29N3O4S2. The minimum Gasteiger partial charge on any atom is -0.497 e. The fourth-order valence-electron chi connectivity index (χ4n) is 4.62. The van der Waals surface area contributed by atoms with Crippen molar-refractivity contribution in [1.29, 1.82) is 0 Å². The van der Waals surface area contributed by atoms with E-state index in [0.717, 1.165) is 40.8 Å². The number of anilines is 1. The van der Waals surface area contributed by atoms with Crippen LogP contribution in [0.3, 0.4) is 0 Å². The van der Waals surface area contributed by atoms with Crippen LogP contribution >= 0.6 is 11.3 Å². The molecule has 1 saturated heterocycles. The summed E-state index contributed by atoms with van der Waals surface area (Å²) in [6, 6.07) is 21.6. The highest BCUT2D eigenvalue weighted by Crippen LogP contribution is 2.33. The molecule has 5 rings (SSSR count). The minimum atomic E-state index is -3.61. The molecule has 0 saturated carbocycles. The molecule has 3 aromatic carbocycles. The van der Waals surface area contributed by atoms with Crippen molar-refractivity contribution in [2.45, 2.75) is 43.7 Å². The molecule has 37 heavy (non-hydrogen) atoms. The Kier molecular flexibility index (Phi) is 7.28. The van der Waals surface area contributed by atoms with Gasteiger partial charge in [0.15, 0.2) is 5.13 Å². The van der Waals surface area contributed by atoms with E-state index >= 15 is 0 Å². The third kappa shape index (κ3) is 5.25. The quantitative estimate of drug-likeness (QED) is 0.303. The molecule has 9 heteroatoms. The van der Waals surface area contributed by atoms with Crippen LogP contribution in [0.5, 0.6) is 5.75 Å². The van der Waals surface area contributed by atoms with Crippen LogP contribution in [0, 0.1) is 0 Å². The number of ether oxygens (including phenoxy) is 1. The lowest BCUT2D eigenvalue weighted by Gasteiger charge is -2.32. The number of carbonyl (C=O) groups excluding carboxylic acids is 1. The smallest absolute Gasteiger partial charge is 0.260 e. The SMILES string of the molecule is COc1ccc2nc(N(Cc3ccccc3)C(=O)c3ccc(S(=O)(=O)N4CCCCC4C)cc3)sc2c1. The van der Waals surface area contributed by atoms with E-state index in [1.807, 2.05) is 55.5 Å². The van der Waals surface area contributed by atoms with Crippen LogP contribution in [0.4, 0.5) is 5.13 Å². The normalized spacial score (nSPS) is 16.5. The molecule has 1 aliphatic rings. The van der Waals surface area contributed by atoms with Crippen LogP contribution < -0.4 is 9.64 Å². The molecule has 1 atom stereocenters. The molecular weight excluding hydrogens is 506 g/mol. The lowest BCUT2D eigenvalue weighted by atomic mass is 10.1. The van der Waals surface area contributed by atoms with Gasteiger partial charge in [0.1, 0.15) is 5.75 Å². The number of fused-ring (bicyclic) bond motifs is 1. The Morgan fingerprint density at radius 2 is 1.84 bits per heavy atom. The summed E-state index contributed by atoms with van der Waals surface area (Å²) in [6.45, 7) is 2.81. The Hall–Kier alpha value is -3.27. The van der Waals surface area contributed by atoms with E-state index in [1.54, 1.807) is 28.4 Å². The van der Waals surface area contributed by atoms with Gasteiger partial charge in [0.05, 0.1) is 28.8 Å². The molecule has 0 bridgehead atoms. The Balaban J connectivity index is 1.47. The van der Waals surface area contributed by atoms with Gasteiger partial charge < -0.3 is 4.74 Å². The molecule has 1 amide bonds. The number of hydrogen-bond donors (Lipinski definition) is 0. The number of thiazole rings is 1. The van der Waals surface area contributed by atoms with Crippen molar-refractivity contribution in [3.05, 3.63) is 83.9 Å². The number of amides is 1. The van der Waals surface area contributed by atoms with Crippen molar-refractivity contribution < 1.29 is 17.9 Å². The molecule has 0 spiro atoms. The molecule has 7 nitrogen and oxygen atoms in total. The fourth-order valence-corrected chi connectivity index (χ4v) is 7.31. The van der Waals surface area contributed by atoms with Gasteiger partial charge >= 0.3 is 0 Å². The molecule has 1 fully saturated rings. The Labute approximate surface area is 221 Å². The predicted octanol–water partition coefficient (Wildman–Crippen LogP) is 5.72. The second-order valence-corrected chi connectivity index (χ2v) is 12.1. The second-order valence-electron chi connectivity index (χ2n) is 9.19. The van der Waals surface area contributed by atoms with Gasteiger partial charge in [-0.25, -0.2) is 13.4 Å². The number of aromatic nitrogens is 1. The van der Waals surface area contributed by atoms with E-state index in [9.17, 15) is 13.2 Å². The zero-order chi connectivity index (χ0) is 26.0. The third-order valence-electron chi connectivity index (χ3n) is 6.69. The van der Waals surface area contributed by atoms with Crippen molar-refractivity contribution >= 4 is 42.6 Å². The minimum absolute atomic E-state index is 0.0286. The van der Waals surface area contributed by atoms with E-state index < -0.39 is 10.0 Å². The van der Waals surface area contributed by atoms with Crippen LogP contribution in [0.15, 0.2) is 77.7 Å². The topological polar surface area (TPSA) is 79.8 Å². The molecule has 0 N–H and O–H groups in total. The number of carbonyl (C=O) groups is 1. The molecule has 1 unspecified atom stereocenters. The standard InChI is InChI=1S/C28H29N3O4S2/c1-20-8-6-7-17-31(20)37(33,34)24-14-11-22(12-15-24)27(32)30(19-21-9-4-3-5-10-21)28-29-25-16-13-23(35-2)18-26(25)36-28/h3-5,9-16,18,20H,6-8,17,19H2,1-2H3. The summed E-state index contributed by atoms with van der Waals surface area (Å²) in [5.74, 6) is 0.480. The van der Waals surface area contributed by atoms with Crippen molar-refractivity contribution in [2.24, 2.45) is 0 Å². The lowest BCUT2D eigenvalue weighted by molar-refractivity contribution is 0.0985. The number of sulfonamides is 1. The number of benzene rings is 3. The van der Waals surface area contributed by atoms with Crippen LogP contribution in [-0.4, -0.2) is 43.3 Å². The van der Waals surface area contributed by atoms with Gasteiger partial charge in [0, 0.05) is 18.2 Å². The van der Waals surface area contributed by atoms with Crippen LogP contribution in [0.1, 0.15) is 42.1 Å². The highest BCUT2D eigenvalue weighted by atomic mass is 32.2. The number of piperidine rings is 1. The molecule has 2 heterocycles. The number of nitrogens with zero attached hydrogens (tertiary/aromatic N) is 3. The zero-order valence-corrected chi connectivity index (χ0v) is 22.5. The summed E-state index contributed by atoms with van der Waals surface area (Å²) in [4.78, 5) is 20.3. The average molecular weight is 536 g/mol. The first-order valence-electron chi connectivity index (χ1n) is 12.3. The maximum Gasteiger partial charge on any atom is 0.260 e. The largest absolute Gasteiger partial charge is 0.497 e. The Bertz CT molecular complexity index is 1500. The lowest BCUT2D eigenvalue weighted by Crippen LogP contribution is -2.41. The van der Waals surface area contributed by atoms with E-state index in [4.69, 9.17) is 9.72 Å². The highest BCUT2D eigenvalue weighted by Gasteiger charge is 2.31. The summed E-state index contributed by atoms with van der Waals surface area (Å²) in [6.07, 6.45) is 2.76. The maximum absolute atomic E-state index is 13.8. The second kappa shape index (κ2) is 10.6.